The number of hydrogen-bond acceptors (Lipinski definition) is 4. The van der Waals surface area contributed by atoms with Crippen LogP contribution >= 0.6 is 0 Å². The van der Waals surface area contributed by atoms with Crippen LogP contribution in [0.2, 0.25) is 0 Å². The first-order chi connectivity index (χ1) is 19.3. The molecule has 6 nitrogen and oxygen atoms in total. The van der Waals surface area contributed by atoms with Crippen molar-refractivity contribution < 1.29 is 8.42 Å². The number of aromatic nitrogens is 2. The van der Waals surface area contributed by atoms with Crippen LogP contribution in [0.15, 0.2) is 95.9 Å². The van der Waals surface area contributed by atoms with E-state index in [9.17, 15) is 13.7 Å². The van der Waals surface area contributed by atoms with Crippen LogP contribution in [0.5, 0.6) is 0 Å². The minimum atomic E-state index is -3.71. The van der Waals surface area contributed by atoms with E-state index in [1.165, 1.54) is 4.31 Å². The number of imidazole rings is 1. The molecule has 7 heteroatoms. The van der Waals surface area contributed by atoms with Gasteiger partial charge in [0.05, 0.1) is 33.2 Å². The SMILES string of the molecule is CCCCc1nc2c(C)cc(N(C)S(=O)(=O)c3ccccc3)cc2n1Cc1ccc(-c2ccccc2C#N)cc1. The molecule has 0 saturated carbocycles. The number of rotatable bonds is 9. The molecule has 0 aliphatic rings. The lowest BCUT2D eigenvalue weighted by Gasteiger charge is -2.20. The van der Waals surface area contributed by atoms with Crippen molar-refractivity contribution in [3.8, 4) is 17.2 Å². The van der Waals surface area contributed by atoms with Gasteiger partial charge in [-0.05, 0) is 65.9 Å². The number of nitrogens with zero attached hydrogens (tertiary/aromatic N) is 4. The smallest absolute Gasteiger partial charge is 0.264 e. The van der Waals surface area contributed by atoms with E-state index < -0.39 is 10.0 Å². The van der Waals surface area contributed by atoms with Gasteiger partial charge in [-0.15, -0.1) is 0 Å². The van der Waals surface area contributed by atoms with Gasteiger partial charge in [-0.25, -0.2) is 13.4 Å². The highest BCUT2D eigenvalue weighted by atomic mass is 32.2. The molecule has 0 bridgehead atoms. The summed E-state index contributed by atoms with van der Waals surface area (Å²) < 4.78 is 30.3. The average Bonchev–Trinajstić information content (AvgIpc) is 3.33. The van der Waals surface area contributed by atoms with Gasteiger partial charge >= 0.3 is 0 Å². The lowest BCUT2D eigenvalue weighted by molar-refractivity contribution is 0.594. The van der Waals surface area contributed by atoms with Crippen LogP contribution in [-0.2, 0) is 23.0 Å². The first-order valence-corrected chi connectivity index (χ1v) is 14.9. The van der Waals surface area contributed by atoms with Crippen molar-refractivity contribution in [3.05, 3.63) is 114 Å². The molecule has 0 amide bonds. The van der Waals surface area contributed by atoms with E-state index in [0.29, 0.717) is 17.8 Å². The molecule has 202 valence electrons. The quantitative estimate of drug-likeness (QED) is 0.197. The molecule has 5 rings (SSSR count). The highest BCUT2D eigenvalue weighted by Gasteiger charge is 2.23. The topological polar surface area (TPSA) is 79.0 Å². The van der Waals surface area contributed by atoms with Gasteiger partial charge in [0.15, 0.2) is 0 Å². The summed E-state index contributed by atoms with van der Waals surface area (Å²) in [7, 11) is -2.12. The minimum absolute atomic E-state index is 0.255. The molecule has 0 N–H and O–H groups in total. The molecule has 5 aromatic rings. The van der Waals surface area contributed by atoms with E-state index >= 15 is 0 Å². The van der Waals surface area contributed by atoms with Gasteiger partial charge in [-0.2, -0.15) is 5.26 Å². The zero-order valence-corrected chi connectivity index (χ0v) is 23.8. The Bertz CT molecular complexity index is 1800. The van der Waals surface area contributed by atoms with Gasteiger partial charge in [0.25, 0.3) is 10.0 Å². The lowest BCUT2D eigenvalue weighted by Crippen LogP contribution is -2.26. The number of unbranched alkanes of at least 4 members (excludes halogenated alkanes) is 1. The summed E-state index contributed by atoms with van der Waals surface area (Å²) in [6, 6.07) is 30.5. The summed E-state index contributed by atoms with van der Waals surface area (Å²) in [5, 5.41) is 9.50. The molecular weight excluding hydrogens is 516 g/mol. The summed E-state index contributed by atoms with van der Waals surface area (Å²) in [6.07, 6.45) is 2.91. The first-order valence-electron chi connectivity index (χ1n) is 13.5. The number of anilines is 1. The maximum Gasteiger partial charge on any atom is 0.264 e. The largest absolute Gasteiger partial charge is 0.323 e. The summed E-state index contributed by atoms with van der Waals surface area (Å²) in [5.41, 5.74) is 6.99. The Morgan fingerprint density at radius 3 is 2.35 bits per heavy atom. The Balaban J connectivity index is 1.55. The number of aryl methyl sites for hydroxylation is 2. The minimum Gasteiger partial charge on any atom is -0.323 e. The van der Waals surface area contributed by atoms with Gasteiger partial charge in [-0.3, -0.25) is 4.31 Å². The van der Waals surface area contributed by atoms with E-state index in [2.05, 4.69) is 29.7 Å². The van der Waals surface area contributed by atoms with Crippen molar-refractivity contribution in [2.75, 3.05) is 11.4 Å². The number of hydrogen-bond donors (Lipinski definition) is 0. The number of sulfonamides is 1. The summed E-state index contributed by atoms with van der Waals surface area (Å²) >= 11 is 0. The molecule has 0 radical (unpaired) electrons. The van der Waals surface area contributed by atoms with E-state index in [1.807, 2.05) is 55.5 Å². The highest BCUT2D eigenvalue weighted by molar-refractivity contribution is 7.92. The van der Waals surface area contributed by atoms with E-state index in [1.54, 1.807) is 37.4 Å². The van der Waals surface area contributed by atoms with Crippen molar-refractivity contribution in [3.63, 3.8) is 0 Å². The molecule has 1 aromatic heterocycles. The maximum absolute atomic E-state index is 13.4. The number of benzene rings is 4. The second-order valence-electron chi connectivity index (χ2n) is 9.99. The Morgan fingerprint density at radius 1 is 0.950 bits per heavy atom. The van der Waals surface area contributed by atoms with Crippen molar-refractivity contribution in [1.29, 1.82) is 5.26 Å². The second kappa shape index (κ2) is 11.4. The van der Waals surface area contributed by atoms with E-state index in [-0.39, 0.29) is 4.90 Å². The van der Waals surface area contributed by atoms with Crippen LogP contribution in [0.4, 0.5) is 5.69 Å². The third kappa shape index (κ3) is 5.23. The average molecular weight is 549 g/mol. The van der Waals surface area contributed by atoms with Gasteiger partial charge < -0.3 is 4.57 Å². The fraction of sp³-hybridized carbons (Fsp3) is 0.212. The summed E-state index contributed by atoms with van der Waals surface area (Å²) in [6.45, 7) is 4.75. The molecule has 0 saturated heterocycles. The molecule has 0 aliphatic heterocycles. The van der Waals surface area contributed by atoms with Gasteiger partial charge in [0.2, 0.25) is 0 Å². The molecule has 4 aromatic carbocycles. The molecule has 1 heterocycles. The Labute approximate surface area is 236 Å². The molecule has 40 heavy (non-hydrogen) atoms. The molecule has 0 atom stereocenters. The predicted octanol–water partition coefficient (Wildman–Crippen LogP) is 7.10. The van der Waals surface area contributed by atoms with E-state index in [0.717, 1.165) is 58.4 Å². The van der Waals surface area contributed by atoms with Crippen molar-refractivity contribution in [2.24, 2.45) is 0 Å². The van der Waals surface area contributed by atoms with Crippen molar-refractivity contribution in [2.45, 2.75) is 44.6 Å². The Hall–Kier alpha value is -4.41. The lowest BCUT2D eigenvalue weighted by atomic mass is 9.99. The fourth-order valence-electron chi connectivity index (χ4n) is 5.00. The molecule has 0 aliphatic carbocycles. The van der Waals surface area contributed by atoms with Crippen molar-refractivity contribution in [1.82, 2.24) is 9.55 Å². The van der Waals surface area contributed by atoms with E-state index in [4.69, 9.17) is 4.98 Å². The first kappa shape index (κ1) is 27.2. The third-order valence-electron chi connectivity index (χ3n) is 7.28. The Morgan fingerprint density at radius 2 is 1.65 bits per heavy atom. The zero-order valence-electron chi connectivity index (χ0n) is 23.0. The van der Waals surface area contributed by atoms with Crippen LogP contribution < -0.4 is 4.31 Å². The van der Waals surface area contributed by atoms with Gasteiger partial charge in [0, 0.05) is 20.0 Å². The van der Waals surface area contributed by atoms with Crippen LogP contribution in [0.25, 0.3) is 22.2 Å². The fourth-order valence-corrected chi connectivity index (χ4v) is 6.20. The molecule has 0 unspecified atom stereocenters. The predicted molar refractivity (Wildman–Crippen MR) is 161 cm³/mol. The highest BCUT2D eigenvalue weighted by Crippen LogP contribution is 2.31. The van der Waals surface area contributed by atoms with Crippen molar-refractivity contribution >= 4 is 26.7 Å². The maximum atomic E-state index is 13.4. The Kier molecular flexibility index (Phi) is 7.72. The zero-order chi connectivity index (χ0) is 28.3. The molecule has 0 fully saturated rings. The van der Waals surface area contributed by atoms with Gasteiger partial charge in [-0.1, -0.05) is 74.0 Å². The second-order valence-corrected chi connectivity index (χ2v) is 12.0. The molecular formula is C33H32N4O2S. The monoisotopic (exact) mass is 548 g/mol. The van der Waals surface area contributed by atoms with Crippen LogP contribution in [0.3, 0.4) is 0 Å². The summed E-state index contributed by atoms with van der Waals surface area (Å²) in [4.78, 5) is 5.27. The standard InChI is InChI=1S/C33H32N4O2S/c1-4-5-15-32-35-33-24(2)20-28(36(3)40(38,39)29-12-7-6-8-13-29)21-31(33)37(32)23-25-16-18-26(19-17-25)30-14-10-9-11-27(30)22-34/h6-14,16-21H,4-5,15,23H2,1-3H3. The number of nitriles is 1. The normalized spacial score (nSPS) is 11.4. The van der Waals surface area contributed by atoms with Crippen LogP contribution in [0.1, 0.15) is 42.3 Å². The number of fused-ring (bicyclic) bond motifs is 1. The van der Waals surface area contributed by atoms with Crippen LogP contribution in [0, 0.1) is 18.3 Å². The third-order valence-corrected chi connectivity index (χ3v) is 9.08. The van der Waals surface area contributed by atoms with Gasteiger partial charge in [0.1, 0.15) is 5.82 Å². The summed E-state index contributed by atoms with van der Waals surface area (Å²) in [5.74, 6) is 0.990. The van der Waals surface area contributed by atoms with Crippen LogP contribution in [-0.4, -0.2) is 25.0 Å². The molecule has 0 spiro atoms.